The third kappa shape index (κ3) is 2.35. The molecule has 0 unspecified atom stereocenters. The maximum Gasteiger partial charge on any atom is 0.136 e. The van der Waals surface area contributed by atoms with Gasteiger partial charge < -0.3 is 4.42 Å². The summed E-state index contributed by atoms with van der Waals surface area (Å²) in [6, 6.07) is 2.09. The second-order valence-electron chi connectivity index (χ2n) is 8.36. The van der Waals surface area contributed by atoms with E-state index in [0.717, 1.165) is 25.2 Å². The summed E-state index contributed by atoms with van der Waals surface area (Å²) in [5, 5.41) is 0. The molecule has 0 radical (unpaired) electrons. The van der Waals surface area contributed by atoms with Crippen LogP contribution in [0.5, 0.6) is 0 Å². The minimum Gasteiger partial charge on any atom is -0.472 e. The fourth-order valence-corrected chi connectivity index (χ4v) is 5.45. The minimum absolute atomic E-state index is 0.201. The van der Waals surface area contributed by atoms with Crippen LogP contribution in [-0.2, 0) is 11.2 Å². The van der Waals surface area contributed by atoms with Crippen LogP contribution < -0.4 is 0 Å². The molecular weight excluding hydrogens is 272 g/mol. The number of aryl methyl sites for hydroxylation is 1. The van der Waals surface area contributed by atoms with Gasteiger partial charge in [0.15, 0.2) is 0 Å². The number of carbonyl (C=O) groups is 1. The van der Waals surface area contributed by atoms with Crippen LogP contribution in [-0.4, -0.2) is 5.78 Å². The van der Waals surface area contributed by atoms with Crippen molar-refractivity contribution in [2.24, 2.45) is 28.6 Å². The summed E-state index contributed by atoms with van der Waals surface area (Å²) in [5.41, 5.74) is 1.84. The summed E-state index contributed by atoms with van der Waals surface area (Å²) in [6.45, 7) is 9.49. The van der Waals surface area contributed by atoms with Crippen LogP contribution in [0, 0.1) is 28.6 Å². The summed E-state index contributed by atoms with van der Waals surface area (Å²) in [5.74, 6) is 2.12. The van der Waals surface area contributed by atoms with E-state index in [9.17, 15) is 4.79 Å². The molecule has 2 saturated carbocycles. The van der Waals surface area contributed by atoms with Crippen molar-refractivity contribution in [1.29, 1.82) is 0 Å². The van der Waals surface area contributed by atoms with E-state index in [-0.39, 0.29) is 11.3 Å². The molecule has 2 nitrogen and oxygen atoms in total. The Morgan fingerprint density at radius 3 is 2.73 bits per heavy atom. The predicted octanol–water partition coefficient (Wildman–Crippen LogP) is 5.27. The number of hydrogen-bond donors (Lipinski definition) is 0. The standard InChI is InChI=1S/C20H30O2/c1-14-7-10-20(4)15(2)17(21)5-6-18(20)19(14,3)11-8-16-9-12-22-13-16/h9,12-15,18H,5-8,10-11H2,1-4H3/t14-,15+,18-,19+,20+/m0/s1. The van der Waals surface area contributed by atoms with E-state index >= 15 is 0 Å². The van der Waals surface area contributed by atoms with Crippen molar-refractivity contribution in [3.8, 4) is 0 Å². The van der Waals surface area contributed by atoms with Gasteiger partial charge in [-0.1, -0.05) is 27.7 Å². The molecule has 22 heavy (non-hydrogen) atoms. The smallest absolute Gasteiger partial charge is 0.136 e. The topological polar surface area (TPSA) is 30.2 Å². The van der Waals surface area contributed by atoms with Gasteiger partial charge in [-0.3, -0.25) is 4.79 Å². The van der Waals surface area contributed by atoms with Crippen molar-refractivity contribution in [3.63, 3.8) is 0 Å². The van der Waals surface area contributed by atoms with E-state index in [0.29, 0.717) is 17.1 Å². The van der Waals surface area contributed by atoms with Crippen LogP contribution >= 0.6 is 0 Å². The highest BCUT2D eigenvalue weighted by Crippen LogP contribution is 2.62. The minimum atomic E-state index is 0.201. The van der Waals surface area contributed by atoms with Gasteiger partial charge in [-0.25, -0.2) is 0 Å². The molecule has 2 fully saturated rings. The monoisotopic (exact) mass is 302 g/mol. The SMILES string of the molecule is C[C@@H]1C(=O)CC[C@@H]2[C@]1(C)CC[C@H](C)[C@@]2(C)CCc1ccoc1. The van der Waals surface area contributed by atoms with Crippen molar-refractivity contribution in [2.45, 2.75) is 66.2 Å². The first kappa shape index (κ1) is 15.8. The zero-order valence-electron chi connectivity index (χ0n) is 14.5. The number of rotatable bonds is 3. The third-order valence-electron chi connectivity index (χ3n) is 7.52. The van der Waals surface area contributed by atoms with E-state index in [2.05, 4.69) is 33.8 Å². The molecule has 122 valence electrons. The van der Waals surface area contributed by atoms with Gasteiger partial charge in [0.2, 0.25) is 0 Å². The van der Waals surface area contributed by atoms with E-state index in [1.54, 1.807) is 6.26 Å². The van der Waals surface area contributed by atoms with Crippen LogP contribution in [0.4, 0.5) is 0 Å². The Hall–Kier alpha value is -1.05. The maximum absolute atomic E-state index is 12.3. The molecule has 0 bridgehead atoms. The fourth-order valence-electron chi connectivity index (χ4n) is 5.45. The number of carbonyl (C=O) groups excluding carboxylic acids is 1. The average Bonchev–Trinajstić information content (AvgIpc) is 3.00. The first-order valence-corrected chi connectivity index (χ1v) is 8.91. The van der Waals surface area contributed by atoms with Gasteiger partial charge in [0.25, 0.3) is 0 Å². The molecule has 0 N–H and O–H groups in total. The van der Waals surface area contributed by atoms with Gasteiger partial charge in [-0.2, -0.15) is 0 Å². The number of Topliss-reactive ketones (excluding diaryl/α,β-unsaturated/α-hetero) is 1. The van der Waals surface area contributed by atoms with Gasteiger partial charge in [0, 0.05) is 12.3 Å². The molecule has 0 spiro atoms. The second kappa shape index (κ2) is 5.54. The van der Waals surface area contributed by atoms with Crippen LogP contribution in [0.15, 0.2) is 23.0 Å². The Morgan fingerprint density at radius 2 is 2.05 bits per heavy atom. The molecule has 2 aliphatic rings. The zero-order valence-corrected chi connectivity index (χ0v) is 14.5. The number of fused-ring (bicyclic) bond motifs is 1. The fraction of sp³-hybridized carbons (Fsp3) is 0.750. The lowest BCUT2D eigenvalue weighted by Crippen LogP contribution is -2.54. The molecule has 5 atom stereocenters. The molecule has 1 aromatic heterocycles. The van der Waals surface area contributed by atoms with E-state index in [1.807, 2.05) is 6.26 Å². The molecule has 1 heterocycles. The number of ketones is 1. The van der Waals surface area contributed by atoms with Gasteiger partial charge in [-0.15, -0.1) is 0 Å². The summed E-state index contributed by atoms with van der Waals surface area (Å²) >= 11 is 0. The quantitative estimate of drug-likeness (QED) is 0.761. The van der Waals surface area contributed by atoms with Crippen LogP contribution in [0.1, 0.15) is 65.4 Å². The molecule has 0 saturated heterocycles. The second-order valence-corrected chi connectivity index (χ2v) is 8.36. The van der Waals surface area contributed by atoms with Crippen molar-refractivity contribution in [1.82, 2.24) is 0 Å². The van der Waals surface area contributed by atoms with Crippen molar-refractivity contribution in [3.05, 3.63) is 24.2 Å². The van der Waals surface area contributed by atoms with Crippen molar-refractivity contribution in [2.75, 3.05) is 0 Å². The van der Waals surface area contributed by atoms with Gasteiger partial charge >= 0.3 is 0 Å². The first-order valence-electron chi connectivity index (χ1n) is 8.91. The maximum atomic E-state index is 12.3. The first-order chi connectivity index (χ1) is 10.4. The van der Waals surface area contributed by atoms with Crippen molar-refractivity contribution < 1.29 is 9.21 Å². The highest BCUT2D eigenvalue weighted by Gasteiger charge is 2.56. The molecule has 3 rings (SSSR count). The zero-order chi connectivity index (χ0) is 16.0. The summed E-state index contributed by atoms with van der Waals surface area (Å²) in [6.07, 6.45) is 10.3. The Bertz CT molecular complexity index is 532. The van der Waals surface area contributed by atoms with Gasteiger partial charge in [-0.05, 0) is 66.4 Å². The Morgan fingerprint density at radius 1 is 1.27 bits per heavy atom. The molecule has 2 aliphatic carbocycles. The lowest BCUT2D eigenvalue weighted by atomic mass is 9.44. The van der Waals surface area contributed by atoms with E-state index < -0.39 is 0 Å². The molecule has 0 aliphatic heterocycles. The Kier molecular flexibility index (Phi) is 3.99. The summed E-state index contributed by atoms with van der Waals surface area (Å²) in [7, 11) is 0. The summed E-state index contributed by atoms with van der Waals surface area (Å²) in [4.78, 5) is 12.3. The van der Waals surface area contributed by atoms with E-state index in [1.165, 1.54) is 24.8 Å². The number of furan rings is 1. The Labute approximate surface area is 134 Å². The molecule has 2 heteroatoms. The van der Waals surface area contributed by atoms with E-state index in [4.69, 9.17) is 4.42 Å². The lowest BCUT2D eigenvalue weighted by molar-refractivity contribution is -0.148. The normalized spacial score (nSPS) is 42.2. The van der Waals surface area contributed by atoms with Crippen LogP contribution in [0.25, 0.3) is 0 Å². The largest absolute Gasteiger partial charge is 0.472 e. The molecule has 0 aromatic carbocycles. The van der Waals surface area contributed by atoms with Crippen LogP contribution in [0.2, 0.25) is 0 Å². The molecule has 1 aromatic rings. The van der Waals surface area contributed by atoms with Gasteiger partial charge in [0.1, 0.15) is 5.78 Å². The Balaban J connectivity index is 1.85. The summed E-state index contributed by atoms with van der Waals surface area (Å²) < 4.78 is 5.23. The highest BCUT2D eigenvalue weighted by molar-refractivity contribution is 5.82. The average molecular weight is 302 g/mol. The molecule has 0 amide bonds. The van der Waals surface area contributed by atoms with Gasteiger partial charge in [0.05, 0.1) is 12.5 Å². The highest BCUT2D eigenvalue weighted by atomic mass is 16.3. The number of hydrogen-bond acceptors (Lipinski definition) is 2. The van der Waals surface area contributed by atoms with Crippen LogP contribution in [0.3, 0.4) is 0 Å². The molecular formula is C20H30O2. The predicted molar refractivity (Wildman–Crippen MR) is 88.5 cm³/mol. The van der Waals surface area contributed by atoms with Crippen molar-refractivity contribution >= 4 is 5.78 Å². The lowest BCUT2D eigenvalue weighted by Gasteiger charge is -2.59. The third-order valence-corrected chi connectivity index (χ3v) is 7.52.